The average Bonchev–Trinajstić information content (AvgIpc) is 2.65. The molecule has 28 heavy (non-hydrogen) atoms. The first-order chi connectivity index (χ1) is 13.2. The Labute approximate surface area is 167 Å². The summed E-state index contributed by atoms with van der Waals surface area (Å²) in [7, 11) is -0.467. The van der Waals surface area contributed by atoms with Crippen LogP contribution in [0.5, 0.6) is 11.5 Å². The number of methoxy groups -OCH3 is 1. The molecule has 0 aliphatic carbocycles. The zero-order chi connectivity index (χ0) is 20.8. The fraction of sp³-hybridized carbons (Fsp3) is 0.529. The summed E-state index contributed by atoms with van der Waals surface area (Å²) >= 11 is 1.04. The number of aromatic hydroxyl groups is 1. The minimum Gasteiger partial charge on any atom is -0.507 e. The topological polar surface area (TPSA) is 154 Å². The number of hydrogen-bond donors (Lipinski definition) is 5. The monoisotopic (exact) mass is 412 g/mol. The van der Waals surface area contributed by atoms with Gasteiger partial charge < -0.3 is 35.6 Å². The highest BCUT2D eigenvalue weighted by atomic mass is 32.2. The van der Waals surface area contributed by atoms with Crippen molar-refractivity contribution in [2.45, 2.75) is 30.5 Å². The average molecular weight is 412 g/mol. The number of nitrogens with two attached hydrogens (primary N) is 1. The molecule has 11 heteroatoms. The molecule has 0 bridgehead atoms. The van der Waals surface area contributed by atoms with Gasteiger partial charge in [0.1, 0.15) is 17.1 Å². The third kappa shape index (κ3) is 5.54. The van der Waals surface area contributed by atoms with E-state index in [9.17, 15) is 29.9 Å². The fourth-order valence-corrected chi connectivity index (χ4v) is 4.14. The summed E-state index contributed by atoms with van der Waals surface area (Å²) < 4.78 is 4.94. The van der Waals surface area contributed by atoms with E-state index in [0.29, 0.717) is 13.1 Å². The van der Waals surface area contributed by atoms with Gasteiger partial charge in [-0.3, -0.25) is 4.79 Å². The van der Waals surface area contributed by atoms with Gasteiger partial charge in [0.15, 0.2) is 0 Å². The summed E-state index contributed by atoms with van der Waals surface area (Å²) in [5, 5.41) is 38.1. The van der Waals surface area contributed by atoms with E-state index >= 15 is 0 Å². The molecular formula is C17H25BN2O7S. The van der Waals surface area contributed by atoms with Gasteiger partial charge in [-0.05, 0) is 30.9 Å². The van der Waals surface area contributed by atoms with Crippen LogP contribution in [0.4, 0.5) is 0 Å². The van der Waals surface area contributed by atoms with Crippen LogP contribution in [0.1, 0.15) is 28.8 Å². The first-order valence-corrected chi connectivity index (χ1v) is 9.92. The molecule has 2 rings (SSSR count). The molecule has 1 unspecified atom stereocenters. The molecule has 1 aromatic carbocycles. The van der Waals surface area contributed by atoms with Crippen LogP contribution in [0, 0.1) is 0 Å². The highest BCUT2D eigenvalue weighted by Crippen LogP contribution is 2.33. The summed E-state index contributed by atoms with van der Waals surface area (Å²) in [6, 6.07) is 2.80. The quantitative estimate of drug-likeness (QED) is 0.362. The zero-order valence-electron chi connectivity index (χ0n) is 15.6. The number of hydrogen-bond acceptors (Lipinski definition) is 8. The van der Waals surface area contributed by atoms with Crippen molar-refractivity contribution >= 4 is 30.8 Å². The van der Waals surface area contributed by atoms with Gasteiger partial charge in [0.05, 0.1) is 12.9 Å². The largest absolute Gasteiger partial charge is 0.507 e. The van der Waals surface area contributed by atoms with E-state index in [1.54, 1.807) is 4.90 Å². The molecule has 1 saturated heterocycles. The lowest BCUT2D eigenvalue weighted by molar-refractivity contribution is -0.129. The van der Waals surface area contributed by atoms with Crippen molar-refractivity contribution in [1.82, 2.24) is 4.90 Å². The number of benzene rings is 1. The summed E-state index contributed by atoms with van der Waals surface area (Å²) in [6.07, 6.45) is 1.67. The molecule has 1 aliphatic heterocycles. The fourth-order valence-electron chi connectivity index (χ4n) is 3.13. The smallest absolute Gasteiger partial charge is 0.465 e. The number of rotatable bonds is 8. The summed E-state index contributed by atoms with van der Waals surface area (Å²) in [5.41, 5.74) is 5.71. The number of carboxylic acids is 1. The number of piperidine rings is 1. The Bertz CT molecular complexity index is 719. The maximum absolute atomic E-state index is 12.4. The predicted octanol–water partition coefficient (Wildman–Crippen LogP) is -0.295. The third-order valence-electron chi connectivity index (χ3n) is 4.64. The number of thioether (sulfide) groups is 1. The molecule has 1 aromatic rings. The van der Waals surface area contributed by atoms with Gasteiger partial charge in [-0.1, -0.05) is 6.07 Å². The lowest BCUT2D eigenvalue weighted by Gasteiger charge is -2.31. The first kappa shape index (κ1) is 22.3. The van der Waals surface area contributed by atoms with Crippen LogP contribution in [0.3, 0.4) is 0 Å². The Kier molecular flexibility index (Phi) is 7.99. The van der Waals surface area contributed by atoms with E-state index in [4.69, 9.17) is 10.5 Å². The molecule has 6 N–H and O–H groups in total. The molecule has 0 saturated carbocycles. The minimum atomic E-state index is -1.75. The van der Waals surface area contributed by atoms with Crippen molar-refractivity contribution < 1.29 is 34.6 Å². The van der Waals surface area contributed by atoms with Crippen molar-refractivity contribution in [2.75, 3.05) is 26.0 Å². The third-order valence-corrected chi connectivity index (χ3v) is 5.89. The number of likely N-dealkylation sites (tertiary alicyclic amines) is 1. The van der Waals surface area contributed by atoms with E-state index in [-0.39, 0.29) is 35.4 Å². The normalized spacial score (nSPS) is 17.9. The number of carbonyl (C=O) groups is 2. The number of nitrogens with zero attached hydrogens (tertiary/aromatic N) is 1. The Morgan fingerprint density at radius 1 is 1.43 bits per heavy atom. The highest BCUT2D eigenvalue weighted by Gasteiger charge is 2.29. The van der Waals surface area contributed by atoms with Crippen LogP contribution in [-0.4, -0.2) is 81.3 Å². The molecule has 1 fully saturated rings. The molecule has 0 aromatic heterocycles. The lowest BCUT2D eigenvalue weighted by atomic mass is 9.81. The van der Waals surface area contributed by atoms with Crippen LogP contribution in [0.2, 0.25) is 0 Å². The lowest BCUT2D eigenvalue weighted by Crippen LogP contribution is -2.46. The molecule has 1 amide bonds. The SMILES string of the molecule is COc1ccc(C[C@H](SCC(=O)N2CCCC(N)C2)B(O)O)c(O)c1C(=O)O. The van der Waals surface area contributed by atoms with Crippen molar-refractivity contribution in [3.05, 3.63) is 23.3 Å². The van der Waals surface area contributed by atoms with Gasteiger partial charge in [0, 0.05) is 24.3 Å². The van der Waals surface area contributed by atoms with E-state index in [1.807, 2.05) is 0 Å². The highest BCUT2D eigenvalue weighted by molar-refractivity contribution is 8.01. The standard InChI is InChI=1S/C17H25BN2O7S/c1-27-12-5-4-10(16(22)15(12)17(23)24)7-13(18(25)26)28-9-14(21)20-6-2-3-11(19)8-20/h4-5,11,13,22,25-26H,2-3,6-9,19H2,1H3,(H,23,24)/t11?,13-/m0/s1. The summed E-state index contributed by atoms with van der Waals surface area (Å²) in [5.74, 6) is -1.97. The Hall–Kier alpha value is -1.95. The molecule has 154 valence electrons. The second-order valence-corrected chi connectivity index (χ2v) is 7.89. The maximum atomic E-state index is 12.4. The van der Waals surface area contributed by atoms with Crippen molar-refractivity contribution in [3.63, 3.8) is 0 Å². The van der Waals surface area contributed by atoms with E-state index in [1.165, 1.54) is 19.2 Å². The van der Waals surface area contributed by atoms with Gasteiger partial charge in [-0.15, -0.1) is 0 Å². The van der Waals surface area contributed by atoms with Crippen molar-refractivity contribution in [1.29, 1.82) is 0 Å². The van der Waals surface area contributed by atoms with Gasteiger partial charge in [-0.2, -0.15) is 11.8 Å². The number of ether oxygens (including phenoxy) is 1. The molecule has 1 heterocycles. The zero-order valence-corrected chi connectivity index (χ0v) is 16.4. The van der Waals surface area contributed by atoms with Crippen LogP contribution in [0.15, 0.2) is 12.1 Å². The number of amides is 1. The second-order valence-electron chi connectivity index (χ2n) is 6.66. The van der Waals surface area contributed by atoms with Crippen molar-refractivity contribution in [3.8, 4) is 11.5 Å². The van der Waals surface area contributed by atoms with E-state index in [2.05, 4.69) is 0 Å². The number of aromatic carboxylic acids is 1. The van der Waals surface area contributed by atoms with Crippen LogP contribution < -0.4 is 10.5 Å². The maximum Gasteiger partial charge on any atom is 0.465 e. The summed E-state index contributed by atoms with van der Waals surface area (Å²) in [4.78, 5) is 25.4. The Morgan fingerprint density at radius 3 is 2.71 bits per heavy atom. The number of carbonyl (C=O) groups excluding carboxylic acids is 1. The van der Waals surface area contributed by atoms with Gasteiger partial charge in [0.25, 0.3) is 0 Å². The molecular weight excluding hydrogens is 387 g/mol. The van der Waals surface area contributed by atoms with Gasteiger partial charge in [-0.25, -0.2) is 4.79 Å². The second kappa shape index (κ2) is 10.0. The van der Waals surface area contributed by atoms with Crippen LogP contribution in [-0.2, 0) is 11.2 Å². The Balaban J connectivity index is 2.08. The van der Waals surface area contributed by atoms with Crippen LogP contribution in [0.25, 0.3) is 0 Å². The minimum absolute atomic E-state index is 0.000819. The van der Waals surface area contributed by atoms with Crippen molar-refractivity contribution in [2.24, 2.45) is 5.73 Å². The first-order valence-electron chi connectivity index (χ1n) is 8.87. The molecule has 9 nitrogen and oxygen atoms in total. The number of carboxylic acid groups (broad SMARTS) is 1. The predicted molar refractivity (Wildman–Crippen MR) is 106 cm³/mol. The molecule has 1 aliphatic rings. The molecule has 0 spiro atoms. The van der Waals surface area contributed by atoms with Gasteiger partial charge >= 0.3 is 13.1 Å². The van der Waals surface area contributed by atoms with E-state index < -0.39 is 29.5 Å². The van der Waals surface area contributed by atoms with E-state index in [0.717, 1.165) is 24.6 Å². The number of phenols is 1. The Morgan fingerprint density at radius 2 is 2.14 bits per heavy atom. The molecule has 0 radical (unpaired) electrons. The summed E-state index contributed by atoms with van der Waals surface area (Å²) in [6.45, 7) is 1.10. The molecule has 2 atom stereocenters. The van der Waals surface area contributed by atoms with Gasteiger partial charge in [0.2, 0.25) is 5.91 Å². The van der Waals surface area contributed by atoms with Crippen LogP contribution >= 0.6 is 11.8 Å².